The molecular formula is C26H27N5O2S. The normalized spacial score (nSPS) is 15.3. The number of nitrogens with zero attached hydrogens (tertiary/aromatic N) is 3. The van der Waals surface area contributed by atoms with Gasteiger partial charge in [-0.05, 0) is 48.6 Å². The van der Waals surface area contributed by atoms with E-state index in [1.165, 1.54) is 4.88 Å². The van der Waals surface area contributed by atoms with Gasteiger partial charge in [0.15, 0.2) is 6.19 Å². The maximum absolute atomic E-state index is 13.0. The summed E-state index contributed by atoms with van der Waals surface area (Å²) < 4.78 is 5.36. The molecule has 7 nitrogen and oxygen atoms in total. The largest absolute Gasteiger partial charge is 0.496 e. The summed E-state index contributed by atoms with van der Waals surface area (Å²) in [5, 5.41) is 17.2. The Morgan fingerprint density at radius 1 is 1.12 bits per heavy atom. The maximum Gasteiger partial charge on any atom is 0.255 e. The highest BCUT2D eigenvalue weighted by Crippen LogP contribution is 2.38. The van der Waals surface area contributed by atoms with Gasteiger partial charge in [0.1, 0.15) is 5.75 Å². The van der Waals surface area contributed by atoms with E-state index in [2.05, 4.69) is 38.0 Å². The van der Waals surface area contributed by atoms with Crippen LogP contribution in [-0.4, -0.2) is 43.5 Å². The van der Waals surface area contributed by atoms with Crippen LogP contribution < -0.4 is 15.4 Å². The van der Waals surface area contributed by atoms with Crippen LogP contribution in [0.2, 0.25) is 0 Å². The van der Waals surface area contributed by atoms with Crippen molar-refractivity contribution in [2.24, 2.45) is 4.99 Å². The number of para-hydroxylation sites is 2. The zero-order valence-corrected chi connectivity index (χ0v) is 19.8. The molecule has 0 radical (unpaired) electrons. The topological polar surface area (TPSA) is 89.8 Å². The second-order valence-corrected chi connectivity index (χ2v) is 9.08. The molecule has 2 heterocycles. The van der Waals surface area contributed by atoms with Crippen molar-refractivity contribution in [3.05, 3.63) is 82.6 Å². The predicted octanol–water partition coefficient (Wildman–Crippen LogP) is 4.28. The fraction of sp³-hybridized carbons (Fsp3) is 0.269. The Morgan fingerprint density at radius 3 is 2.53 bits per heavy atom. The first-order valence-corrected chi connectivity index (χ1v) is 12.0. The lowest BCUT2D eigenvalue weighted by Gasteiger charge is -2.42. The number of nitrogens with one attached hydrogen (secondary N) is 2. The van der Waals surface area contributed by atoms with E-state index in [0.29, 0.717) is 36.9 Å². The average Bonchev–Trinajstić information content (AvgIpc) is 3.44. The molecular weight excluding hydrogens is 446 g/mol. The highest BCUT2D eigenvalue weighted by molar-refractivity contribution is 7.10. The molecule has 0 aliphatic carbocycles. The van der Waals surface area contributed by atoms with Crippen molar-refractivity contribution >= 4 is 28.9 Å². The lowest BCUT2D eigenvalue weighted by atomic mass is 9.77. The summed E-state index contributed by atoms with van der Waals surface area (Å²) in [4.78, 5) is 21.0. The Labute approximate surface area is 203 Å². The summed E-state index contributed by atoms with van der Waals surface area (Å²) in [6.07, 6.45) is 3.65. The van der Waals surface area contributed by atoms with Crippen LogP contribution in [-0.2, 0) is 5.41 Å². The lowest BCUT2D eigenvalue weighted by Crippen LogP contribution is -2.52. The zero-order valence-electron chi connectivity index (χ0n) is 19.0. The number of aliphatic imine (C=N–C) groups is 1. The van der Waals surface area contributed by atoms with E-state index >= 15 is 0 Å². The van der Waals surface area contributed by atoms with Gasteiger partial charge in [-0.1, -0.05) is 36.4 Å². The summed E-state index contributed by atoms with van der Waals surface area (Å²) in [6, 6.07) is 21.0. The number of amides is 1. The quantitative estimate of drug-likeness (QED) is 0.241. The molecule has 0 atom stereocenters. The molecule has 1 fully saturated rings. The molecule has 0 unspecified atom stereocenters. The Kier molecular flexibility index (Phi) is 7.45. The number of hydrogen-bond acceptors (Lipinski definition) is 5. The lowest BCUT2D eigenvalue weighted by molar-refractivity contribution is 0.0929. The Morgan fingerprint density at radius 2 is 1.85 bits per heavy atom. The molecule has 2 N–H and O–H groups in total. The van der Waals surface area contributed by atoms with Gasteiger partial charge in [-0.2, -0.15) is 5.26 Å². The first kappa shape index (κ1) is 23.3. The van der Waals surface area contributed by atoms with Gasteiger partial charge in [-0.3, -0.25) is 10.1 Å². The van der Waals surface area contributed by atoms with Crippen molar-refractivity contribution in [3.8, 4) is 11.9 Å². The van der Waals surface area contributed by atoms with Gasteiger partial charge in [0.05, 0.1) is 18.4 Å². The first-order chi connectivity index (χ1) is 16.6. The summed E-state index contributed by atoms with van der Waals surface area (Å²) in [7, 11) is 1.57. The van der Waals surface area contributed by atoms with E-state index in [9.17, 15) is 10.1 Å². The molecule has 34 heavy (non-hydrogen) atoms. The third-order valence-corrected chi connectivity index (χ3v) is 7.28. The van der Waals surface area contributed by atoms with Crippen molar-refractivity contribution in [1.82, 2.24) is 15.5 Å². The molecule has 0 saturated carbocycles. The molecule has 1 saturated heterocycles. The fourth-order valence-electron chi connectivity index (χ4n) is 4.27. The van der Waals surface area contributed by atoms with E-state index in [4.69, 9.17) is 4.74 Å². The summed E-state index contributed by atoms with van der Waals surface area (Å²) in [5.74, 6) is 0.962. The number of benzene rings is 2. The number of carbonyl (C=O) groups is 1. The average molecular weight is 474 g/mol. The highest BCUT2D eigenvalue weighted by Gasteiger charge is 2.38. The van der Waals surface area contributed by atoms with Crippen LogP contribution in [0, 0.1) is 11.5 Å². The molecule has 1 aliphatic rings. The van der Waals surface area contributed by atoms with E-state index < -0.39 is 0 Å². The zero-order chi connectivity index (χ0) is 23.8. The van der Waals surface area contributed by atoms with Gasteiger partial charge in [-0.25, -0.2) is 4.99 Å². The van der Waals surface area contributed by atoms with Gasteiger partial charge >= 0.3 is 0 Å². The monoisotopic (exact) mass is 473 g/mol. The predicted molar refractivity (Wildman–Crippen MR) is 134 cm³/mol. The molecule has 2 aromatic carbocycles. The number of guanidine groups is 1. The van der Waals surface area contributed by atoms with Crippen LogP contribution in [0.5, 0.6) is 5.75 Å². The Bertz CT molecular complexity index is 1160. The van der Waals surface area contributed by atoms with Gasteiger partial charge in [-0.15, -0.1) is 11.3 Å². The molecule has 8 heteroatoms. The van der Waals surface area contributed by atoms with Crippen LogP contribution in [0.3, 0.4) is 0 Å². The molecule has 0 spiro atoms. The standard InChI is InChI=1S/C26H27N5O2S/c1-33-22-11-6-5-10-21(22)24(32)28-18-26(23-12-7-17-34-23)13-15-31(16-14-26)25(29-19-27)30-20-8-3-2-4-9-20/h2-12,17H,13-16,18H2,1H3,(H,28,32)(H,29,30). The number of piperidine rings is 1. The molecule has 1 aromatic heterocycles. The number of methoxy groups -OCH3 is 1. The Hall–Kier alpha value is -3.83. The van der Waals surface area contributed by atoms with Crippen molar-refractivity contribution < 1.29 is 9.53 Å². The van der Waals surface area contributed by atoms with Crippen LogP contribution in [0.1, 0.15) is 28.1 Å². The number of carbonyl (C=O) groups excluding carboxylic acids is 1. The summed E-state index contributed by atoms with van der Waals surface area (Å²) >= 11 is 1.71. The van der Waals surface area contributed by atoms with Crippen LogP contribution in [0.25, 0.3) is 0 Å². The number of rotatable bonds is 6. The number of nitriles is 1. The number of thiophene rings is 1. The number of ether oxygens (including phenoxy) is 1. The summed E-state index contributed by atoms with van der Waals surface area (Å²) in [6.45, 7) is 1.95. The van der Waals surface area contributed by atoms with Crippen molar-refractivity contribution in [1.29, 1.82) is 5.26 Å². The van der Waals surface area contributed by atoms with Crippen LogP contribution >= 0.6 is 11.3 Å². The molecule has 1 amide bonds. The molecule has 1 aliphatic heterocycles. The fourth-order valence-corrected chi connectivity index (χ4v) is 5.25. The molecule has 3 aromatic rings. The van der Waals surface area contributed by atoms with Gasteiger partial charge in [0, 0.05) is 29.9 Å². The minimum Gasteiger partial charge on any atom is -0.496 e. The smallest absolute Gasteiger partial charge is 0.255 e. The molecule has 4 rings (SSSR count). The first-order valence-electron chi connectivity index (χ1n) is 11.1. The van der Waals surface area contributed by atoms with E-state index in [-0.39, 0.29) is 11.3 Å². The Balaban J connectivity index is 1.50. The second kappa shape index (κ2) is 10.9. The summed E-state index contributed by atoms with van der Waals surface area (Å²) in [5.41, 5.74) is 1.13. The molecule has 174 valence electrons. The maximum atomic E-state index is 13.0. The van der Waals surface area contributed by atoms with E-state index in [0.717, 1.165) is 18.5 Å². The minimum absolute atomic E-state index is 0.145. The third-order valence-electron chi connectivity index (χ3n) is 6.16. The number of hydrogen-bond donors (Lipinski definition) is 2. The SMILES string of the molecule is COc1ccccc1C(=O)NCC1(c2cccs2)CCN(C(=Nc2ccccc2)NC#N)CC1. The van der Waals surface area contributed by atoms with Crippen molar-refractivity contribution in [2.45, 2.75) is 18.3 Å². The van der Waals surface area contributed by atoms with Gasteiger partial charge in [0.2, 0.25) is 5.96 Å². The van der Waals surface area contributed by atoms with Crippen LogP contribution in [0.4, 0.5) is 5.69 Å². The van der Waals surface area contributed by atoms with Crippen LogP contribution in [0.15, 0.2) is 77.1 Å². The molecule has 0 bridgehead atoms. The van der Waals surface area contributed by atoms with Gasteiger partial charge < -0.3 is 15.0 Å². The van der Waals surface area contributed by atoms with Gasteiger partial charge in [0.25, 0.3) is 5.91 Å². The van der Waals surface area contributed by atoms with E-state index in [1.54, 1.807) is 30.6 Å². The highest BCUT2D eigenvalue weighted by atomic mass is 32.1. The third kappa shape index (κ3) is 5.21. The van der Waals surface area contributed by atoms with E-state index in [1.807, 2.05) is 48.7 Å². The second-order valence-electron chi connectivity index (χ2n) is 8.14. The number of likely N-dealkylation sites (tertiary alicyclic amines) is 1. The minimum atomic E-state index is -0.188. The van der Waals surface area contributed by atoms with Crippen molar-refractivity contribution in [3.63, 3.8) is 0 Å². The van der Waals surface area contributed by atoms with Crippen molar-refractivity contribution in [2.75, 3.05) is 26.7 Å².